The number of benzene rings is 2. The third-order valence-corrected chi connectivity index (χ3v) is 4.55. The highest BCUT2D eigenvalue weighted by Crippen LogP contribution is 2.28. The Labute approximate surface area is 172 Å². The summed E-state index contributed by atoms with van der Waals surface area (Å²) in [5.41, 5.74) is 1.85. The highest BCUT2D eigenvalue weighted by Gasteiger charge is 2.17. The second kappa shape index (κ2) is 8.87. The minimum atomic E-state index is -0.227. The number of carbonyl (C=O) groups excluding carboxylic acids is 2. The Balaban J connectivity index is 1.81. The number of nitrogens with one attached hydrogen (secondary N) is 1. The maximum atomic E-state index is 12.4. The highest BCUT2D eigenvalue weighted by molar-refractivity contribution is 6.31. The largest absolute Gasteiger partial charge is 0.326 e. The van der Waals surface area contributed by atoms with Gasteiger partial charge in [0.2, 0.25) is 11.8 Å². The number of anilines is 3. The van der Waals surface area contributed by atoms with Crippen molar-refractivity contribution in [2.24, 2.45) is 0 Å². The predicted molar refractivity (Wildman–Crippen MR) is 112 cm³/mol. The molecule has 0 saturated carbocycles. The molecule has 28 heavy (non-hydrogen) atoms. The van der Waals surface area contributed by atoms with E-state index in [1.54, 1.807) is 48.5 Å². The second-order valence-corrected chi connectivity index (χ2v) is 6.90. The lowest BCUT2D eigenvalue weighted by Crippen LogP contribution is -2.24. The van der Waals surface area contributed by atoms with Crippen LogP contribution in [0.25, 0.3) is 0 Å². The number of amides is 2. The van der Waals surface area contributed by atoms with E-state index in [4.69, 9.17) is 23.2 Å². The molecule has 0 aliphatic heterocycles. The first kappa shape index (κ1) is 19.9. The lowest BCUT2D eigenvalue weighted by atomic mass is 10.1. The van der Waals surface area contributed by atoms with Gasteiger partial charge in [-0.2, -0.15) is 0 Å². The SMILES string of the molecule is CC(=O)N(c1cccc(Cl)c1)c1cc(NC(=O)Cc2ccccc2Cl)ccn1. The maximum absolute atomic E-state index is 12.4. The molecule has 0 aliphatic rings. The van der Waals surface area contributed by atoms with Crippen molar-refractivity contribution in [2.75, 3.05) is 10.2 Å². The average Bonchev–Trinajstić information content (AvgIpc) is 2.64. The molecule has 2 amide bonds. The molecule has 5 nitrogen and oxygen atoms in total. The van der Waals surface area contributed by atoms with E-state index in [0.717, 1.165) is 5.56 Å². The summed E-state index contributed by atoms with van der Waals surface area (Å²) < 4.78 is 0. The van der Waals surface area contributed by atoms with E-state index in [0.29, 0.717) is 27.2 Å². The molecule has 1 heterocycles. The number of carbonyl (C=O) groups is 2. The zero-order valence-corrected chi connectivity index (χ0v) is 16.5. The van der Waals surface area contributed by atoms with E-state index in [9.17, 15) is 9.59 Å². The smallest absolute Gasteiger partial charge is 0.229 e. The summed E-state index contributed by atoms with van der Waals surface area (Å²) in [7, 11) is 0. The summed E-state index contributed by atoms with van der Waals surface area (Å²) in [5, 5.41) is 3.86. The van der Waals surface area contributed by atoms with Crippen molar-refractivity contribution in [1.29, 1.82) is 0 Å². The van der Waals surface area contributed by atoms with Gasteiger partial charge >= 0.3 is 0 Å². The average molecular weight is 414 g/mol. The fourth-order valence-corrected chi connectivity index (χ4v) is 3.12. The molecule has 7 heteroatoms. The molecule has 0 unspecified atom stereocenters. The monoisotopic (exact) mass is 413 g/mol. The van der Waals surface area contributed by atoms with Crippen LogP contribution in [0.2, 0.25) is 10.0 Å². The third kappa shape index (κ3) is 4.88. The van der Waals surface area contributed by atoms with Gasteiger partial charge in [0.25, 0.3) is 0 Å². The minimum absolute atomic E-state index is 0.141. The third-order valence-electron chi connectivity index (χ3n) is 3.95. The van der Waals surface area contributed by atoms with Crippen molar-refractivity contribution in [3.05, 3.63) is 82.5 Å². The van der Waals surface area contributed by atoms with Crippen LogP contribution in [0.5, 0.6) is 0 Å². The molecule has 3 aromatic rings. The molecule has 0 spiro atoms. The van der Waals surface area contributed by atoms with Crippen LogP contribution in [-0.4, -0.2) is 16.8 Å². The van der Waals surface area contributed by atoms with Gasteiger partial charge in [0.1, 0.15) is 5.82 Å². The summed E-state index contributed by atoms with van der Waals surface area (Å²) in [4.78, 5) is 30.3. The molecule has 0 bridgehead atoms. The van der Waals surface area contributed by atoms with Crippen LogP contribution >= 0.6 is 23.2 Å². The molecular formula is C21H17Cl2N3O2. The van der Waals surface area contributed by atoms with Gasteiger partial charge in [-0.25, -0.2) is 4.98 Å². The highest BCUT2D eigenvalue weighted by atomic mass is 35.5. The van der Waals surface area contributed by atoms with Crippen molar-refractivity contribution in [3.63, 3.8) is 0 Å². The molecule has 0 radical (unpaired) electrons. The molecular weight excluding hydrogens is 397 g/mol. The Hall–Kier alpha value is -2.89. The van der Waals surface area contributed by atoms with Gasteiger partial charge in [-0.3, -0.25) is 14.5 Å². The number of pyridine rings is 1. The standard InChI is InChI=1S/C21H17Cl2N3O2/c1-14(27)26(18-7-4-6-16(22)12-18)20-13-17(9-10-24-20)25-21(28)11-15-5-2-3-8-19(15)23/h2-10,12-13H,11H2,1H3,(H,24,25,28). The normalized spacial score (nSPS) is 10.4. The van der Waals surface area contributed by atoms with E-state index in [1.165, 1.54) is 18.0 Å². The second-order valence-electron chi connectivity index (χ2n) is 6.05. The topological polar surface area (TPSA) is 62.3 Å². The molecule has 1 aromatic heterocycles. The zero-order valence-electron chi connectivity index (χ0n) is 15.0. The van der Waals surface area contributed by atoms with E-state index in [1.807, 2.05) is 12.1 Å². The molecule has 0 fully saturated rings. The fraction of sp³-hybridized carbons (Fsp3) is 0.0952. The van der Waals surface area contributed by atoms with Crippen LogP contribution in [0.4, 0.5) is 17.2 Å². The Bertz CT molecular complexity index is 1020. The van der Waals surface area contributed by atoms with E-state index in [2.05, 4.69) is 10.3 Å². The van der Waals surface area contributed by atoms with Gasteiger partial charge in [0.15, 0.2) is 0 Å². The van der Waals surface area contributed by atoms with Gasteiger partial charge in [-0.05, 0) is 35.9 Å². The van der Waals surface area contributed by atoms with E-state index in [-0.39, 0.29) is 18.2 Å². The number of nitrogens with zero attached hydrogens (tertiary/aromatic N) is 2. The summed E-state index contributed by atoms with van der Waals surface area (Å²) in [6.07, 6.45) is 1.67. The van der Waals surface area contributed by atoms with Gasteiger partial charge in [0.05, 0.1) is 12.1 Å². The van der Waals surface area contributed by atoms with Crippen molar-refractivity contribution in [1.82, 2.24) is 4.98 Å². The quantitative estimate of drug-likeness (QED) is 0.620. The van der Waals surface area contributed by atoms with Crippen LogP contribution in [0.15, 0.2) is 66.9 Å². The lowest BCUT2D eigenvalue weighted by molar-refractivity contribution is -0.116. The maximum Gasteiger partial charge on any atom is 0.229 e. The Morgan fingerprint density at radius 1 is 1.04 bits per heavy atom. The molecule has 0 atom stereocenters. The molecule has 2 aromatic carbocycles. The fourth-order valence-electron chi connectivity index (χ4n) is 2.73. The van der Waals surface area contributed by atoms with E-state index < -0.39 is 0 Å². The van der Waals surface area contributed by atoms with E-state index >= 15 is 0 Å². The summed E-state index contributed by atoms with van der Waals surface area (Å²) in [6.45, 7) is 1.44. The predicted octanol–water partition coefficient (Wildman–Crippen LogP) is 5.25. The van der Waals surface area contributed by atoms with Crippen LogP contribution in [0, 0.1) is 0 Å². The van der Waals surface area contributed by atoms with Gasteiger partial charge in [-0.15, -0.1) is 0 Å². The minimum Gasteiger partial charge on any atom is -0.326 e. The number of hydrogen-bond acceptors (Lipinski definition) is 3. The van der Waals surface area contributed by atoms with Gasteiger partial charge in [0, 0.05) is 34.9 Å². The van der Waals surface area contributed by atoms with Crippen molar-refractivity contribution in [3.8, 4) is 0 Å². The molecule has 1 N–H and O–H groups in total. The lowest BCUT2D eigenvalue weighted by Gasteiger charge is -2.21. The first-order valence-corrected chi connectivity index (χ1v) is 9.25. The van der Waals surface area contributed by atoms with Crippen molar-refractivity contribution >= 4 is 52.2 Å². The van der Waals surface area contributed by atoms with Gasteiger partial charge < -0.3 is 5.32 Å². The Morgan fingerprint density at radius 2 is 1.82 bits per heavy atom. The first-order valence-electron chi connectivity index (χ1n) is 8.49. The Kier molecular flexibility index (Phi) is 6.29. The zero-order chi connectivity index (χ0) is 20.1. The van der Waals surface area contributed by atoms with Crippen molar-refractivity contribution in [2.45, 2.75) is 13.3 Å². The Morgan fingerprint density at radius 3 is 2.54 bits per heavy atom. The van der Waals surface area contributed by atoms with Crippen LogP contribution < -0.4 is 10.2 Å². The number of halogens is 2. The molecule has 0 saturated heterocycles. The summed E-state index contributed by atoms with van der Waals surface area (Å²) >= 11 is 12.2. The van der Waals surface area contributed by atoms with Crippen LogP contribution in [-0.2, 0) is 16.0 Å². The first-order chi connectivity index (χ1) is 13.4. The van der Waals surface area contributed by atoms with Crippen LogP contribution in [0.1, 0.15) is 12.5 Å². The summed E-state index contributed by atoms with van der Waals surface area (Å²) in [5.74, 6) is -0.0676. The molecule has 3 rings (SSSR count). The summed E-state index contributed by atoms with van der Waals surface area (Å²) in [6, 6.07) is 17.4. The number of aromatic nitrogens is 1. The molecule has 0 aliphatic carbocycles. The van der Waals surface area contributed by atoms with Crippen molar-refractivity contribution < 1.29 is 9.59 Å². The molecule has 142 valence electrons. The number of rotatable bonds is 5. The van der Waals surface area contributed by atoms with Gasteiger partial charge in [-0.1, -0.05) is 47.5 Å². The number of hydrogen-bond donors (Lipinski definition) is 1. The van der Waals surface area contributed by atoms with Crippen LogP contribution in [0.3, 0.4) is 0 Å².